The highest BCUT2D eigenvalue weighted by atomic mass is 15.1. The number of nitrogens with zero attached hydrogens (tertiary/aromatic N) is 1. The first-order valence-corrected chi connectivity index (χ1v) is 6.69. The zero-order valence-electron chi connectivity index (χ0n) is 11.7. The first-order chi connectivity index (χ1) is 8.17. The van der Waals surface area contributed by atoms with Crippen molar-refractivity contribution in [1.29, 1.82) is 0 Å². The molecule has 0 aliphatic carbocycles. The summed E-state index contributed by atoms with van der Waals surface area (Å²) in [7, 11) is 0. The van der Waals surface area contributed by atoms with Gasteiger partial charge in [-0.2, -0.15) is 0 Å². The molecule has 17 heavy (non-hydrogen) atoms. The maximum absolute atomic E-state index is 3.58. The Bertz CT molecular complexity index is 318. The second kappa shape index (κ2) is 7.46. The highest BCUT2D eigenvalue weighted by Crippen LogP contribution is 2.13. The summed E-state index contributed by atoms with van der Waals surface area (Å²) < 4.78 is 0. The Morgan fingerprint density at radius 2 is 1.94 bits per heavy atom. The van der Waals surface area contributed by atoms with Gasteiger partial charge < -0.3 is 10.2 Å². The van der Waals surface area contributed by atoms with E-state index in [4.69, 9.17) is 0 Å². The largest absolute Gasteiger partial charge is 0.309 e. The Balaban J connectivity index is 2.37. The number of aryl methyl sites for hydroxylation is 1. The van der Waals surface area contributed by atoms with Crippen LogP contribution in [0.5, 0.6) is 0 Å². The van der Waals surface area contributed by atoms with Gasteiger partial charge in [-0.25, -0.2) is 0 Å². The number of likely N-dealkylation sites (N-methyl/N-ethyl adjacent to an activating group) is 1. The summed E-state index contributed by atoms with van der Waals surface area (Å²) in [5.74, 6) is 0. The highest BCUT2D eigenvalue weighted by Gasteiger charge is 2.05. The van der Waals surface area contributed by atoms with Crippen LogP contribution in [0.4, 0.5) is 0 Å². The van der Waals surface area contributed by atoms with Crippen LogP contribution in [-0.2, 0) is 0 Å². The van der Waals surface area contributed by atoms with Crippen molar-refractivity contribution in [3.8, 4) is 0 Å². The van der Waals surface area contributed by atoms with Gasteiger partial charge in [0.05, 0.1) is 0 Å². The molecular formula is C15H26N2. The molecule has 1 N–H and O–H groups in total. The van der Waals surface area contributed by atoms with Crippen LogP contribution in [0.25, 0.3) is 0 Å². The van der Waals surface area contributed by atoms with Crippen molar-refractivity contribution in [2.24, 2.45) is 0 Å². The quantitative estimate of drug-likeness (QED) is 0.780. The fraction of sp³-hybridized carbons (Fsp3) is 0.600. The van der Waals surface area contributed by atoms with Crippen LogP contribution in [0.1, 0.15) is 37.9 Å². The summed E-state index contributed by atoms with van der Waals surface area (Å²) in [4.78, 5) is 2.44. The summed E-state index contributed by atoms with van der Waals surface area (Å²) in [5.41, 5.74) is 2.71. The van der Waals surface area contributed by atoms with E-state index in [2.05, 4.69) is 62.2 Å². The van der Waals surface area contributed by atoms with Crippen molar-refractivity contribution in [3.63, 3.8) is 0 Å². The molecule has 0 unspecified atom stereocenters. The van der Waals surface area contributed by atoms with Crippen molar-refractivity contribution in [1.82, 2.24) is 10.2 Å². The molecule has 0 fully saturated rings. The molecule has 0 saturated heterocycles. The third-order valence-electron chi connectivity index (χ3n) is 3.32. The van der Waals surface area contributed by atoms with Crippen molar-refractivity contribution in [3.05, 3.63) is 35.4 Å². The second-order valence-corrected chi connectivity index (χ2v) is 4.62. The van der Waals surface area contributed by atoms with E-state index in [0.29, 0.717) is 6.04 Å². The third kappa shape index (κ3) is 4.88. The molecule has 0 spiro atoms. The highest BCUT2D eigenvalue weighted by molar-refractivity contribution is 5.24. The lowest BCUT2D eigenvalue weighted by Gasteiger charge is -2.20. The van der Waals surface area contributed by atoms with E-state index in [9.17, 15) is 0 Å². The van der Waals surface area contributed by atoms with Crippen LogP contribution in [-0.4, -0.2) is 31.1 Å². The third-order valence-corrected chi connectivity index (χ3v) is 3.32. The van der Waals surface area contributed by atoms with Gasteiger partial charge in [-0.1, -0.05) is 43.7 Å². The van der Waals surface area contributed by atoms with Gasteiger partial charge in [-0.05, 0) is 32.5 Å². The molecule has 1 atom stereocenters. The van der Waals surface area contributed by atoms with E-state index in [1.165, 1.54) is 11.1 Å². The fourth-order valence-corrected chi connectivity index (χ4v) is 2.04. The van der Waals surface area contributed by atoms with E-state index in [-0.39, 0.29) is 0 Å². The van der Waals surface area contributed by atoms with Gasteiger partial charge in [-0.15, -0.1) is 0 Å². The first kappa shape index (κ1) is 14.2. The monoisotopic (exact) mass is 234 g/mol. The lowest BCUT2D eigenvalue weighted by Crippen LogP contribution is -2.33. The van der Waals surface area contributed by atoms with Crippen molar-refractivity contribution in [2.75, 3.05) is 26.2 Å². The minimum absolute atomic E-state index is 0.436. The molecule has 0 bridgehead atoms. The van der Waals surface area contributed by atoms with Crippen LogP contribution in [0.2, 0.25) is 0 Å². The van der Waals surface area contributed by atoms with Crippen LogP contribution >= 0.6 is 0 Å². The predicted octanol–water partition coefficient (Wildman–Crippen LogP) is 2.99. The van der Waals surface area contributed by atoms with Gasteiger partial charge in [-0.3, -0.25) is 0 Å². The van der Waals surface area contributed by atoms with E-state index >= 15 is 0 Å². The summed E-state index contributed by atoms with van der Waals surface area (Å²) in [5, 5.41) is 3.58. The van der Waals surface area contributed by atoms with E-state index in [1.807, 2.05) is 0 Å². The molecule has 2 heteroatoms. The number of hydrogen-bond acceptors (Lipinski definition) is 2. The Labute approximate surface area is 106 Å². The van der Waals surface area contributed by atoms with Gasteiger partial charge >= 0.3 is 0 Å². The molecule has 0 radical (unpaired) electrons. The number of rotatable bonds is 7. The smallest absolute Gasteiger partial charge is 0.0292 e. The topological polar surface area (TPSA) is 15.3 Å². The first-order valence-electron chi connectivity index (χ1n) is 6.69. The molecule has 0 aliphatic rings. The van der Waals surface area contributed by atoms with Crippen molar-refractivity contribution < 1.29 is 0 Å². The molecule has 0 saturated carbocycles. The van der Waals surface area contributed by atoms with Gasteiger partial charge in [0, 0.05) is 19.1 Å². The van der Waals surface area contributed by atoms with E-state index in [0.717, 1.165) is 26.2 Å². The Hall–Kier alpha value is -0.860. The van der Waals surface area contributed by atoms with Crippen molar-refractivity contribution >= 4 is 0 Å². The van der Waals surface area contributed by atoms with Crippen molar-refractivity contribution in [2.45, 2.75) is 33.7 Å². The van der Waals surface area contributed by atoms with Crippen LogP contribution in [0, 0.1) is 6.92 Å². The lowest BCUT2D eigenvalue weighted by atomic mass is 10.1. The number of hydrogen-bond donors (Lipinski definition) is 1. The van der Waals surface area contributed by atoms with E-state index < -0.39 is 0 Å². The predicted molar refractivity (Wildman–Crippen MR) is 75.4 cm³/mol. The van der Waals surface area contributed by atoms with Gasteiger partial charge in [0.2, 0.25) is 0 Å². The lowest BCUT2D eigenvalue weighted by molar-refractivity contribution is 0.298. The van der Waals surface area contributed by atoms with Gasteiger partial charge in [0.25, 0.3) is 0 Å². The molecule has 0 aromatic heterocycles. The van der Waals surface area contributed by atoms with E-state index in [1.54, 1.807) is 0 Å². The summed E-state index contributed by atoms with van der Waals surface area (Å²) in [6, 6.07) is 9.17. The fourth-order valence-electron chi connectivity index (χ4n) is 2.04. The average molecular weight is 234 g/mol. The van der Waals surface area contributed by atoms with Crippen LogP contribution < -0.4 is 5.32 Å². The molecular weight excluding hydrogens is 208 g/mol. The minimum Gasteiger partial charge on any atom is -0.309 e. The Morgan fingerprint density at radius 1 is 1.24 bits per heavy atom. The summed E-state index contributed by atoms with van der Waals surface area (Å²) in [6.45, 7) is 13.3. The molecule has 2 nitrogen and oxygen atoms in total. The van der Waals surface area contributed by atoms with Crippen LogP contribution in [0.15, 0.2) is 24.3 Å². The zero-order chi connectivity index (χ0) is 12.7. The average Bonchev–Trinajstić information content (AvgIpc) is 2.34. The normalized spacial score (nSPS) is 13.0. The zero-order valence-corrected chi connectivity index (χ0v) is 11.7. The number of nitrogens with one attached hydrogen (secondary N) is 1. The Kier molecular flexibility index (Phi) is 6.23. The molecule has 0 heterocycles. The molecule has 0 aliphatic heterocycles. The molecule has 0 amide bonds. The standard InChI is InChI=1S/C15H26N2/c1-5-17(6-2)11-10-16-14(4)15-9-7-8-13(3)12-15/h7-9,12,14,16H,5-6,10-11H2,1-4H3/t14-/m1/s1. The SMILES string of the molecule is CCN(CC)CCN[C@H](C)c1cccc(C)c1. The Morgan fingerprint density at radius 3 is 2.53 bits per heavy atom. The van der Waals surface area contributed by atoms with Gasteiger partial charge in [0.15, 0.2) is 0 Å². The minimum atomic E-state index is 0.436. The number of benzene rings is 1. The maximum atomic E-state index is 3.58. The summed E-state index contributed by atoms with van der Waals surface area (Å²) in [6.07, 6.45) is 0. The maximum Gasteiger partial charge on any atom is 0.0292 e. The molecule has 1 rings (SSSR count). The molecule has 1 aromatic carbocycles. The van der Waals surface area contributed by atoms with Gasteiger partial charge in [0.1, 0.15) is 0 Å². The molecule has 96 valence electrons. The summed E-state index contributed by atoms with van der Waals surface area (Å²) >= 11 is 0. The van der Waals surface area contributed by atoms with Crippen LogP contribution in [0.3, 0.4) is 0 Å². The second-order valence-electron chi connectivity index (χ2n) is 4.62. The molecule has 1 aromatic rings.